The van der Waals surface area contributed by atoms with Crippen molar-refractivity contribution in [1.29, 1.82) is 0 Å². The Kier molecular flexibility index (Phi) is 6.61. The van der Waals surface area contributed by atoms with Crippen LogP contribution in [0.2, 0.25) is 0 Å². The van der Waals surface area contributed by atoms with E-state index in [1.165, 1.54) is 30.6 Å². The van der Waals surface area contributed by atoms with Crippen molar-refractivity contribution in [3.8, 4) is 0 Å². The summed E-state index contributed by atoms with van der Waals surface area (Å²) in [6.45, 7) is 5.12. The lowest BCUT2D eigenvalue weighted by Gasteiger charge is -2.24. The fourth-order valence-electron chi connectivity index (χ4n) is 3.41. The van der Waals surface area contributed by atoms with Gasteiger partial charge in [0.05, 0.1) is 11.9 Å². The van der Waals surface area contributed by atoms with Crippen molar-refractivity contribution in [2.45, 2.75) is 44.2 Å². The molecule has 12 heteroatoms. The average Bonchev–Trinajstić information content (AvgIpc) is 3.42. The highest BCUT2D eigenvalue weighted by Gasteiger charge is 2.62. The maximum absolute atomic E-state index is 13.2. The van der Waals surface area contributed by atoms with Crippen LogP contribution in [0.25, 0.3) is 0 Å². The van der Waals surface area contributed by atoms with Crippen LogP contribution in [0.5, 0.6) is 0 Å². The molecule has 32 heavy (non-hydrogen) atoms. The molecule has 2 atom stereocenters. The first-order valence-corrected chi connectivity index (χ1v) is 10.0. The Balaban J connectivity index is 1.85. The second-order valence-corrected chi connectivity index (χ2v) is 8.73. The summed E-state index contributed by atoms with van der Waals surface area (Å²) in [6.07, 6.45) is 2.14. The lowest BCUT2D eigenvalue weighted by atomic mass is 9.80. The molecule has 2 unspecified atom stereocenters. The van der Waals surface area contributed by atoms with Crippen LogP contribution in [0, 0.1) is 0 Å². The molecule has 0 radical (unpaired) electrons. The van der Waals surface area contributed by atoms with E-state index in [4.69, 9.17) is 4.74 Å². The van der Waals surface area contributed by atoms with Crippen LogP contribution in [0.15, 0.2) is 42.7 Å². The Morgan fingerprint density at radius 1 is 1.06 bits per heavy atom. The molecule has 6 N–H and O–H groups in total. The lowest BCUT2D eigenvalue weighted by molar-refractivity contribution is -0.119. The number of hydrogen-bond acceptors (Lipinski definition) is 8. The summed E-state index contributed by atoms with van der Waals surface area (Å²) in [4.78, 5) is 29.6. The smallest absolute Gasteiger partial charge is 0.444 e. The molecule has 3 rings (SSSR count). The minimum absolute atomic E-state index is 0.0995. The van der Waals surface area contributed by atoms with Gasteiger partial charge in [0.2, 0.25) is 0 Å². The van der Waals surface area contributed by atoms with Gasteiger partial charge in [-0.1, -0.05) is 24.3 Å². The molecule has 1 heterocycles. The fraction of sp³-hybridized carbons (Fsp3) is 0.350. The first-order chi connectivity index (χ1) is 14.9. The summed E-state index contributed by atoms with van der Waals surface area (Å²) >= 11 is 0. The molecule has 168 valence electrons. The van der Waals surface area contributed by atoms with Crippen molar-refractivity contribution >= 4 is 42.9 Å². The minimum Gasteiger partial charge on any atom is -0.444 e. The van der Waals surface area contributed by atoms with Crippen molar-refractivity contribution < 1.29 is 34.4 Å². The molecule has 1 aliphatic carbocycles. The number of amides is 2. The Labute approximate surface area is 185 Å². The minimum atomic E-state index is -1.75. The van der Waals surface area contributed by atoms with E-state index in [0.717, 1.165) is 5.56 Å². The number of aromatic nitrogens is 1. The Hall–Kier alpha value is -2.92. The second-order valence-electron chi connectivity index (χ2n) is 8.73. The van der Waals surface area contributed by atoms with Gasteiger partial charge >= 0.3 is 20.3 Å². The van der Waals surface area contributed by atoms with E-state index >= 15 is 0 Å². The van der Waals surface area contributed by atoms with E-state index in [-0.39, 0.29) is 23.5 Å². The van der Waals surface area contributed by atoms with E-state index in [1.807, 2.05) is 0 Å². The molecule has 1 aromatic carbocycles. The highest BCUT2D eigenvalue weighted by Crippen LogP contribution is 2.52. The zero-order chi connectivity index (χ0) is 23.7. The van der Waals surface area contributed by atoms with E-state index < -0.39 is 37.4 Å². The van der Waals surface area contributed by atoms with E-state index in [2.05, 4.69) is 15.6 Å². The number of carbonyl (C=O) groups is 2. The lowest BCUT2D eigenvalue weighted by Crippen LogP contribution is -2.49. The molecule has 1 aromatic heterocycles. The number of carbonyl (C=O) groups excluding carboxylic acids is 2. The molecule has 0 spiro atoms. The van der Waals surface area contributed by atoms with Gasteiger partial charge in [-0.25, -0.2) is 4.79 Å². The van der Waals surface area contributed by atoms with Gasteiger partial charge in [-0.15, -0.1) is 0 Å². The Morgan fingerprint density at radius 3 is 2.25 bits per heavy atom. The number of nitrogens with zero attached hydrogens (tertiary/aromatic N) is 1. The van der Waals surface area contributed by atoms with Crippen LogP contribution in [0.1, 0.15) is 38.7 Å². The molecular formula is C20H25B2N3O7. The Bertz CT molecular complexity index is 995. The number of hydrogen-bond donors (Lipinski definition) is 6. The molecule has 10 nitrogen and oxygen atoms in total. The van der Waals surface area contributed by atoms with Gasteiger partial charge in [0.25, 0.3) is 5.91 Å². The molecule has 1 aliphatic rings. The number of anilines is 1. The zero-order valence-corrected chi connectivity index (χ0v) is 17.9. The Morgan fingerprint density at radius 2 is 1.69 bits per heavy atom. The largest absolute Gasteiger partial charge is 0.490 e. The van der Waals surface area contributed by atoms with Crippen molar-refractivity contribution in [3.63, 3.8) is 0 Å². The third-order valence-corrected chi connectivity index (χ3v) is 5.04. The average molecular weight is 441 g/mol. The standard InChI is InChI=1S/C20H25B2N3O7/c1-19(2,3)32-18(27)25-20(9-16(20)12-4-6-13(7-5-12)21(28)29)17(26)24-15-8-14(22(30)31)10-23-11-15/h4-8,10-11,16,28-31H,9H2,1-3H3,(H,24,26)(H,25,27). The first-order valence-electron chi connectivity index (χ1n) is 10.0. The van der Waals surface area contributed by atoms with Gasteiger partial charge in [0.15, 0.2) is 0 Å². The number of rotatable bonds is 6. The first kappa shape index (κ1) is 23.7. The predicted molar refractivity (Wildman–Crippen MR) is 118 cm³/mol. The monoisotopic (exact) mass is 441 g/mol. The van der Waals surface area contributed by atoms with Crippen LogP contribution in [-0.4, -0.2) is 62.5 Å². The number of ether oxygens (including phenoxy) is 1. The van der Waals surface area contributed by atoms with Gasteiger partial charge in [0.1, 0.15) is 11.1 Å². The normalized spacial score (nSPS) is 19.7. The number of pyridine rings is 1. The predicted octanol–water partition coefficient (Wildman–Crippen LogP) is -1.17. The number of benzene rings is 1. The van der Waals surface area contributed by atoms with E-state index in [9.17, 15) is 29.7 Å². The topological polar surface area (TPSA) is 161 Å². The summed E-state index contributed by atoms with van der Waals surface area (Å²) in [5, 5.41) is 42.6. The summed E-state index contributed by atoms with van der Waals surface area (Å²) in [7, 11) is -3.36. The maximum atomic E-state index is 13.2. The van der Waals surface area contributed by atoms with Crippen LogP contribution >= 0.6 is 0 Å². The second kappa shape index (κ2) is 8.91. The number of nitrogens with one attached hydrogen (secondary N) is 2. The van der Waals surface area contributed by atoms with E-state index in [1.54, 1.807) is 32.9 Å². The summed E-state index contributed by atoms with van der Waals surface area (Å²) in [6, 6.07) is 7.76. The molecule has 2 amide bonds. The van der Waals surface area contributed by atoms with Crippen LogP contribution < -0.4 is 21.6 Å². The van der Waals surface area contributed by atoms with Crippen molar-refractivity contribution in [2.24, 2.45) is 0 Å². The molecule has 1 fully saturated rings. The fourth-order valence-corrected chi connectivity index (χ4v) is 3.41. The highest BCUT2D eigenvalue weighted by atomic mass is 16.6. The van der Waals surface area contributed by atoms with Gasteiger partial charge in [0, 0.05) is 17.6 Å². The van der Waals surface area contributed by atoms with E-state index in [0.29, 0.717) is 5.46 Å². The van der Waals surface area contributed by atoms with Crippen molar-refractivity contribution in [1.82, 2.24) is 10.3 Å². The van der Waals surface area contributed by atoms with Crippen LogP contribution in [0.4, 0.5) is 10.5 Å². The van der Waals surface area contributed by atoms with Gasteiger partial charge in [-0.3, -0.25) is 9.78 Å². The SMILES string of the molecule is CC(C)(C)OC(=O)NC1(C(=O)Nc2cncc(B(O)O)c2)CC1c1ccc(B(O)O)cc1. The summed E-state index contributed by atoms with van der Waals surface area (Å²) in [5.74, 6) is -0.912. The highest BCUT2D eigenvalue weighted by molar-refractivity contribution is 6.59. The van der Waals surface area contributed by atoms with Crippen molar-refractivity contribution in [3.05, 3.63) is 48.3 Å². The molecule has 0 saturated heterocycles. The van der Waals surface area contributed by atoms with Crippen molar-refractivity contribution in [2.75, 3.05) is 5.32 Å². The van der Waals surface area contributed by atoms with Gasteiger partial charge in [-0.05, 0) is 44.3 Å². The van der Waals surface area contributed by atoms with Crippen LogP contribution in [-0.2, 0) is 9.53 Å². The quantitative estimate of drug-likeness (QED) is 0.306. The molecule has 0 aliphatic heterocycles. The molecular weight excluding hydrogens is 416 g/mol. The summed E-state index contributed by atoms with van der Waals surface area (Å²) in [5.41, 5.74) is -0.720. The third kappa shape index (κ3) is 5.46. The van der Waals surface area contributed by atoms with Gasteiger partial charge in [-0.2, -0.15) is 0 Å². The van der Waals surface area contributed by atoms with Crippen LogP contribution in [0.3, 0.4) is 0 Å². The molecule has 2 aromatic rings. The zero-order valence-electron chi connectivity index (χ0n) is 17.9. The molecule has 1 saturated carbocycles. The van der Waals surface area contributed by atoms with Gasteiger partial charge < -0.3 is 35.5 Å². The summed E-state index contributed by atoms with van der Waals surface area (Å²) < 4.78 is 5.32. The third-order valence-electron chi connectivity index (χ3n) is 5.04. The number of alkyl carbamates (subject to hydrolysis) is 1. The maximum Gasteiger partial charge on any atom is 0.490 e. The molecule has 0 bridgehead atoms.